The molecule has 0 spiro atoms. The lowest BCUT2D eigenvalue weighted by atomic mass is 9.80. The highest BCUT2D eigenvalue weighted by Gasteiger charge is 2.38. The smallest absolute Gasteiger partial charge is 0.191 e. The SMILES string of the molecule is CCN(CC)C(N)=NCC1(N2CCSCC2)CCCCC1.I. The van der Waals surface area contributed by atoms with Crippen molar-refractivity contribution in [2.24, 2.45) is 10.7 Å². The van der Waals surface area contributed by atoms with Gasteiger partial charge in [-0.25, -0.2) is 0 Å². The van der Waals surface area contributed by atoms with Crippen LogP contribution < -0.4 is 5.73 Å². The molecule has 0 bridgehead atoms. The van der Waals surface area contributed by atoms with E-state index in [1.54, 1.807) is 0 Å². The van der Waals surface area contributed by atoms with E-state index in [0.29, 0.717) is 0 Å². The molecule has 0 unspecified atom stereocenters. The molecule has 4 nitrogen and oxygen atoms in total. The number of hydrogen-bond acceptors (Lipinski definition) is 3. The Labute approximate surface area is 157 Å². The van der Waals surface area contributed by atoms with Crippen LogP contribution in [0.15, 0.2) is 4.99 Å². The lowest BCUT2D eigenvalue weighted by Crippen LogP contribution is -2.55. The summed E-state index contributed by atoms with van der Waals surface area (Å²) in [5.41, 5.74) is 6.49. The summed E-state index contributed by atoms with van der Waals surface area (Å²) in [5, 5.41) is 0. The lowest BCUT2D eigenvalue weighted by molar-refractivity contribution is 0.0670. The Hall–Kier alpha value is 0.310. The summed E-state index contributed by atoms with van der Waals surface area (Å²) in [6.07, 6.45) is 6.69. The Morgan fingerprint density at radius 2 is 1.73 bits per heavy atom. The van der Waals surface area contributed by atoms with Crippen LogP contribution in [0.5, 0.6) is 0 Å². The van der Waals surface area contributed by atoms with Crippen molar-refractivity contribution in [2.45, 2.75) is 51.5 Å². The zero-order valence-corrected chi connectivity index (χ0v) is 17.4. The number of hydrogen-bond donors (Lipinski definition) is 1. The molecule has 0 atom stereocenters. The average molecular weight is 440 g/mol. The van der Waals surface area contributed by atoms with E-state index in [2.05, 4.69) is 35.4 Å². The number of nitrogens with two attached hydrogens (primary N) is 1. The van der Waals surface area contributed by atoms with E-state index in [0.717, 1.165) is 25.6 Å². The molecular formula is C16H33IN4S. The standard InChI is InChI=1S/C16H32N4S.HI/c1-3-19(4-2)15(17)18-14-16(8-6-5-7-9-16)20-10-12-21-13-11-20;/h3-14H2,1-2H3,(H2,17,18);1H. The fourth-order valence-electron chi connectivity index (χ4n) is 3.70. The molecule has 2 fully saturated rings. The van der Waals surface area contributed by atoms with Crippen LogP contribution in [0.3, 0.4) is 0 Å². The van der Waals surface area contributed by atoms with E-state index < -0.39 is 0 Å². The average Bonchev–Trinajstić information content (AvgIpc) is 2.56. The van der Waals surface area contributed by atoms with Crippen molar-refractivity contribution in [3.8, 4) is 0 Å². The van der Waals surface area contributed by atoms with Crippen LogP contribution in [0.4, 0.5) is 0 Å². The van der Waals surface area contributed by atoms with Crippen molar-refractivity contribution in [1.29, 1.82) is 0 Å². The third-order valence-corrected chi connectivity index (χ3v) is 6.03. The van der Waals surface area contributed by atoms with E-state index in [1.807, 2.05) is 0 Å². The maximum Gasteiger partial charge on any atom is 0.191 e. The highest BCUT2D eigenvalue weighted by molar-refractivity contribution is 14.0. The van der Waals surface area contributed by atoms with Gasteiger partial charge in [0.15, 0.2) is 5.96 Å². The van der Waals surface area contributed by atoms with Gasteiger partial charge >= 0.3 is 0 Å². The zero-order chi connectivity index (χ0) is 15.1. The summed E-state index contributed by atoms with van der Waals surface area (Å²) in [7, 11) is 0. The van der Waals surface area contributed by atoms with Crippen LogP contribution >= 0.6 is 35.7 Å². The Balaban J connectivity index is 0.00000242. The monoisotopic (exact) mass is 440 g/mol. The summed E-state index contributed by atoms with van der Waals surface area (Å²) in [6.45, 7) is 9.52. The van der Waals surface area contributed by atoms with Gasteiger partial charge in [-0.05, 0) is 26.7 Å². The quantitative estimate of drug-likeness (QED) is 0.406. The summed E-state index contributed by atoms with van der Waals surface area (Å²) in [5.74, 6) is 3.28. The molecule has 1 aliphatic carbocycles. The van der Waals surface area contributed by atoms with Gasteiger partial charge in [0.05, 0.1) is 6.54 Å². The van der Waals surface area contributed by atoms with Gasteiger partial charge in [-0.3, -0.25) is 9.89 Å². The fourth-order valence-corrected chi connectivity index (χ4v) is 4.60. The molecule has 1 heterocycles. The van der Waals surface area contributed by atoms with Gasteiger partial charge in [0.25, 0.3) is 0 Å². The van der Waals surface area contributed by atoms with Crippen molar-refractivity contribution in [3.63, 3.8) is 0 Å². The minimum atomic E-state index is 0. The zero-order valence-electron chi connectivity index (χ0n) is 14.2. The fraction of sp³-hybridized carbons (Fsp3) is 0.938. The lowest BCUT2D eigenvalue weighted by Gasteiger charge is -2.47. The highest BCUT2D eigenvalue weighted by atomic mass is 127. The van der Waals surface area contributed by atoms with E-state index in [-0.39, 0.29) is 29.5 Å². The number of halogens is 1. The molecule has 0 radical (unpaired) electrons. The molecular weight excluding hydrogens is 407 g/mol. The van der Waals surface area contributed by atoms with Crippen molar-refractivity contribution in [1.82, 2.24) is 9.80 Å². The van der Waals surface area contributed by atoms with E-state index in [9.17, 15) is 0 Å². The van der Waals surface area contributed by atoms with Crippen LogP contribution in [0.25, 0.3) is 0 Å². The molecule has 0 aromatic rings. The predicted molar refractivity (Wildman–Crippen MR) is 110 cm³/mol. The van der Waals surface area contributed by atoms with Crippen LogP contribution in [-0.4, -0.2) is 65.5 Å². The first kappa shape index (κ1) is 20.4. The minimum absolute atomic E-state index is 0. The van der Waals surface area contributed by atoms with Crippen molar-refractivity contribution >= 4 is 41.7 Å². The third kappa shape index (κ3) is 5.16. The summed E-state index contributed by atoms with van der Waals surface area (Å²) < 4.78 is 0. The van der Waals surface area contributed by atoms with Gasteiger partial charge in [-0.2, -0.15) is 11.8 Å². The Morgan fingerprint density at radius 1 is 1.14 bits per heavy atom. The molecule has 1 saturated carbocycles. The Kier molecular flexibility index (Phi) is 9.47. The molecule has 2 aliphatic rings. The van der Waals surface area contributed by atoms with Crippen molar-refractivity contribution in [3.05, 3.63) is 0 Å². The molecule has 130 valence electrons. The van der Waals surface area contributed by atoms with E-state index in [1.165, 1.54) is 56.7 Å². The Bertz CT molecular complexity index is 335. The molecule has 22 heavy (non-hydrogen) atoms. The molecule has 2 rings (SSSR count). The topological polar surface area (TPSA) is 44.9 Å². The molecule has 0 aromatic heterocycles. The summed E-state index contributed by atoms with van der Waals surface area (Å²) >= 11 is 2.09. The van der Waals surface area contributed by atoms with Gasteiger partial charge in [0, 0.05) is 43.2 Å². The highest BCUT2D eigenvalue weighted by Crippen LogP contribution is 2.35. The van der Waals surface area contributed by atoms with Gasteiger partial charge in [0.2, 0.25) is 0 Å². The molecule has 0 aromatic carbocycles. The summed E-state index contributed by atoms with van der Waals surface area (Å²) in [4.78, 5) is 9.69. The predicted octanol–water partition coefficient (Wildman–Crippen LogP) is 3.01. The third-order valence-electron chi connectivity index (χ3n) is 5.09. The second kappa shape index (κ2) is 10.2. The molecule has 2 N–H and O–H groups in total. The molecule has 6 heteroatoms. The largest absolute Gasteiger partial charge is 0.370 e. The number of nitrogens with zero attached hydrogens (tertiary/aromatic N) is 3. The maximum atomic E-state index is 6.20. The van der Waals surface area contributed by atoms with E-state index in [4.69, 9.17) is 10.7 Å². The first-order valence-electron chi connectivity index (χ1n) is 8.59. The van der Waals surface area contributed by atoms with Crippen molar-refractivity contribution < 1.29 is 0 Å². The molecule has 1 aliphatic heterocycles. The molecule has 1 saturated heterocycles. The normalized spacial score (nSPS) is 22.9. The van der Waals surface area contributed by atoms with E-state index >= 15 is 0 Å². The van der Waals surface area contributed by atoms with Gasteiger partial charge in [0.1, 0.15) is 0 Å². The second-order valence-corrected chi connectivity index (χ2v) is 7.46. The first-order valence-corrected chi connectivity index (χ1v) is 9.75. The maximum absolute atomic E-state index is 6.20. The van der Waals surface area contributed by atoms with Crippen LogP contribution in [0, 0.1) is 0 Å². The molecule has 0 amide bonds. The van der Waals surface area contributed by atoms with Crippen LogP contribution in [0.1, 0.15) is 46.0 Å². The second-order valence-electron chi connectivity index (χ2n) is 6.23. The number of rotatable bonds is 5. The first-order chi connectivity index (χ1) is 10.2. The summed E-state index contributed by atoms with van der Waals surface area (Å²) in [6, 6.07) is 0. The number of aliphatic imine (C=N–C) groups is 1. The van der Waals surface area contributed by atoms with Gasteiger partial charge in [-0.1, -0.05) is 19.3 Å². The Morgan fingerprint density at radius 3 is 2.27 bits per heavy atom. The minimum Gasteiger partial charge on any atom is -0.370 e. The van der Waals surface area contributed by atoms with Gasteiger partial charge < -0.3 is 10.6 Å². The van der Waals surface area contributed by atoms with Crippen LogP contribution in [-0.2, 0) is 0 Å². The van der Waals surface area contributed by atoms with Crippen LogP contribution in [0.2, 0.25) is 0 Å². The number of guanidine groups is 1. The van der Waals surface area contributed by atoms with Crippen molar-refractivity contribution in [2.75, 3.05) is 44.2 Å². The number of thioether (sulfide) groups is 1. The van der Waals surface area contributed by atoms with Gasteiger partial charge in [-0.15, -0.1) is 24.0 Å².